The Morgan fingerprint density at radius 3 is 2.73 bits per heavy atom. The van der Waals surface area contributed by atoms with Crippen LogP contribution in [0.25, 0.3) is 0 Å². The van der Waals surface area contributed by atoms with Gasteiger partial charge in [0, 0.05) is 12.7 Å². The summed E-state index contributed by atoms with van der Waals surface area (Å²) < 4.78 is 39.5. The molecule has 0 saturated heterocycles. The van der Waals surface area contributed by atoms with E-state index < -0.39 is 22.9 Å². The van der Waals surface area contributed by atoms with E-state index in [-0.39, 0.29) is 5.69 Å². The summed E-state index contributed by atoms with van der Waals surface area (Å²) in [6.45, 7) is 1.64. The minimum absolute atomic E-state index is 0.102. The first-order chi connectivity index (χ1) is 10.3. The predicted molar refractivity (Wildman–Crippen MR) is 76.4 cm³/mol. The van der Waals surface area contributed by atoms with Gasteiger partial charge in [0.05, 0.1) is 10.8 Å². The number of alkyl halides is 3. The maximum Gasteiger partial charge on any atom is 0.416 e. The van der Waals surface area contributed by atoms with Crippen molar-refractivity contribution in [3.8, 4) is 0 Å². The van der Waals surface area contributed by atoms with E-state index in [1.54, 1.807) is 18.5 Å². The molecule has 0 aliphatic heterocycles. The van der Waals surface area contributed by atoms with Gasteiger partial charge in [0.1, 0.15) is 6.33 Å². The van der Waals surface area contributed by atoms with Gasteiger partial charge in [0.15, 0.2) is 5.16 Å². The number of amides is 1. The van der Waals surface area contributed by atoms with Crippen LogP contribution < -0.4 is 5.32 Å². The number of hydrogen-bond acceptors (Lipinski definition) is 4. The molecule has 2 rings (SSSR count). The van der Waals surface area contributed by atoms with Gasteiger partial charge >= 0.3 is 6.18 Å². The Kier molecular flexibility index (Phi) is 4.74. The number of aromatic nitrogens is 3. The molecule has 9 heteroatoms. The number of halogens is 3. The van der Waals surface area contributed by atoms with E-state index in [1.807, 2.05) is 0 Å². The predicted octanol–water partition coefficient (Wildman–Crippen LogP) is 2.95. The summed E-state index contributed by atoms with van der Waals surface area (Å²) in [5.41, 5.74) is -0.704. The number of aryl methyl sites for hydroxylation is 1. The number of carbonyl (C=O) groups is 1. The molecule has 1 atom stereocenters. The molecule has 1 aromatic carbocycles. The summed E-state index contributed by atoms with van der Waals surface area (Å²) in [5, 5.41) is 10.0. The fourth-order valence-electron chi connectivity index (χ4n) is 1.61. The Hall–Kier alpha value is -2.03. The van der Waals surface area contributed by atoms with Crippen molar-refractivity contribution in [2.24, 2.45) is 7.05 Å². The maximum atomic E-state index is 12.6. The summed E-state index contributed by atoms with van der Waals surface area (Å²) >= 11 is 1.17. The van der Waals surface area contributed by atoms with E-state index in [4.69, 9.17) is 0 Å². The number of hydrogen-bond donors (Lipinski definition) is 1. The molecule has 0 fully saturated rings. The number of nitrogens with one attached hydrogen (secondary N) is 1. The molecule has 1 amide bonds. The number of anilines is 1. The Labute approximate surface area is 128 Å². The fraction of sp³-hybridized carbons (Fsp3) is 0.308. The van der Waals surface area contributed by atoms with Crippen LogP contribution in [0.1, 0.15) is 12.5 Å². The zero-order valence-electron chi connectivity index (χ0n) is 11.8. The van der Waals surface area contributed by atoms with Crippen molar-refractivity contribution in [2.75, 3.05) is 5.32 Å². The van der Waals surface area contributed by atoms with E-state index in [0.29, 0.717) is 5.16 Å². The normalized spacial score (nSPS) is 13.0. The monoisotopic (exact) mass is 330 g/mol. The Balaban J connectivity index is 2.04. The van der Waals surface area contributed by atoms with Gasteiger partial charge in [-0.05, 0) is 25.1 Å². The summed E-state index contributed by atoms with van der Waals surface area (Å²) in [4.78, 5) is 12.0. The number of carbonyl (C=O) groups excluding carboxylic acids is 1. The molecule has 0 bridgehead atoms. The van der Waals surface area contributed by atoms with Crippen molar-refractivity contribution in [1.82, 2.24) is 14.8 Å². The SMILES string of the molecule is CC(Sc1nncn1C)C(=O)Nc1cccc(C(F)(F)F)c1. The summed E-state index contributed by atoms with van der Waals surface area (Å²) in [6.07, 6.45) is -2.94. The molecule has 5 nitrogen and oxygen atoms in total. The fourth-order valence-corrected chi connectivity index (χ4v) is 2.40. The molecule has 1 N–H and O–H groups in total. The van der Waals surface area contributed by atoms with Gasteiger partial charge in [0.25, 0.3) is 0 Å². The molecule has 118 valence electrons. The smallest absolute Gasteiger partial charge is 0.325 e. The van der Waals surface area contributed by atoms with Crippen LogP contribution >= 0.6 is 11.8 Å². The lowest BCUT2D eigenvalue weighted by molar-refractivity contribution is -0.137. The molecule has 1 unspecified atom stereocenters. The van der Waals surface area contributed by atoms with Gasteiger partial charge in [-0.3, -0.25) is 4.79 Å². The van der Waals surface area contributed by atoms with Crippen molar-refractivity contribution >= 4 is 23.4 Å². The molecule has 22 heavy (non-hydrogen) atoms. The molecule has 1 aromatic heterocycles. The number of thioether (sulfide) groups is 1. The van der Waals surface area contributed by atoms with Crippen LogP contribution in [0, 0.1) is 0 Å². The van der Waals surface area contributed by atoms with Crippen molar-refractivity contribution in [3.05, 3.63) is 36.2 Å². The highest BCUT2D eigenvalue weighted by molar-refractivity contribution is 8.00. The minimum atomic E-state index is -4.44. The molecule has 2 aromatic rings. The Bertz CT molecular complexity index is 671. The Morgan fingerprint density at radius 1 is 1.41 bits per heavy atom. The standard InChI is InChI=1S/C13H13F3N4OS/c1-8(22-12-19-17-7-20(12)2)11(21)18-10-5-3-4-9(6-10)13(14,15)16/h3-8H,1-2H3,(H,18,21). The van der Waals surface area contributed by atoms with Crippen LogP contribution in [0.2, 0.25) is 0 Å². The van der Waals surface area contributed by atoms with Gasteiger partial charge in [-0.2, -0.15) is 13.2 Å². The largest absolute Gasteiger partial charge is 0.416 e. The average Bonchev–Trinajstić information content (AvgIpc) is 2.83. The highest BCUT2D eigenvalue weighted by Gasteiger charge is 2.30. The van der Waals surface area contributed by atoms with Crippen molar-refractivity contribution in [3.63, 3.8) is 0 Å². The first-order valence-corrected chi connectivity index (χ1v) is 7.14. The van der Waals surface area contributed by atoms with Gasteiger partial charge in [-0.1, -0.05) is 17.8 Å². The van der Waals surface area contributed by atoms with Crippen LogP contribution in [-0.2, 0) is 18.0 Å². The van der Waals surface area contributed by atoms with Gasteiger partial charge < -0.3 is 9.88 Å². The summed E-state index contributed by atoms with van der Waals surface area (Å²) in [7, 11) is 1.74. The van der Waals surface area contributed by atoms with Crippen LogP contribution in [0.3, 0.4) is 0 Å². The highest BCUT2D eigenvalue weighted by Crippen LogP contribution is 2.31. The maximum absolute atomic E-state index is 12.6. The van der Waals surface area contributed by atoms with Crippen molar-refractivity contribution in [1.29, 1.82) is 0 Å². The highest BCUT2D eigenvalue weighted by atomic mass is 32.2. The molecular weight excluding hydrogens is 317 g/mol. The molecule has 0 spiro atoms. The quantitative estimate of drug-likeness (QED) is 0.876. The van der Waals surface area contributed by atoms with Gasteiger partial charge in [-0.25, -0.2) is 0 Å². The summed E-state index contributed by atoms with van der Waals surface area (Å²) in [6, 6.07) is 4.51. The Morgan fingerprint density at radius 2 is 2.14 bits per heavy atom. The lowest BCUT2D eigenvalue weighted by Gasteiger charge is -2.13. The van der Waals surface area contributed by atoms with Crippen LogP contribution in [0.5, 0.6) is 0 Å². The summed E-state index contributed by atoms with van der Waals surface area (Å²) in [5.74, 6) is -0.410. The van der Waals surface area contributed by atoms with E-state index in [0.717, 1.165) is 12.1 Å². The number of nitrogens with zero attached hydrogens (tertiary/aromatic N) is 3. The second-order valence-electron chi connectivity index (χ2n) is 4.55. The molecule has 0 saturated carbocycles. The second kappa shape index (κ2) is 6.39. The third-order valence-corrected chi connectivity index (χ3v) is 3.93. The van der Waals surface area contributed by atoms with E-state index in [9.17, 15) is 18.0 Å². The number of benzene rings is 1. The molecule has 0 aliphatic carbocycles. The molecular formula is C13H13F3N4OS. The lowest BCUT2D eigenvalue weighted by atomic mass is 10.2. The second-order valence-corrected chi connectivity index (χ2v) is 5.86. The van der Waals surface area contributed by atoms with Gasteiger partial charge in [-0.15, -0.1) is 10.2 Å². The first-order valence-electron chi connectivity index (χ1n) is 6.26. The van der Waals surface area contributed by atoms with Crippen LogP contribution in [0.4, 0.5) is 18.9 Å². The zero-order valence-corrected chi connectivity index (χ0v) is 12.6. The van der Waals surface area contributed by atoms with Crippen molar-refractivity contribution < 1.29 is 18.0 Å². The lowest BCUT2D eigenvalue weighted by Crippen LogP contribution is -2.23. The van der Waals surface area contributed by atoms with Crippen molar-refractivity contribution in [2.45, 2.75) is 23.5 Å². The first kappa shape index (κ1) is 16.3. The average molecular weight is 330 g/mol. The van der Waals surface area contributed by atoms with E-state index >= 15 is 0 Å². The molecule has 0 aliphatic rings. The third kappa shape index (κ3) is 4.00. The molecule has 1 heterocycles. The third-order valence-electron chi connectivity index (χ3n) is 2.78. The zero-order chi connectivity index (χ0) is 16.3. The van der Waals surface area contributed by atoms with Gasteiger partial charge in [0.2, 0.25) is 5.91 Å². The number of rotatable bonds is 4. The topological polar surface area (TPSA) is 59.8 Å². The minimum Gasteiger partial charge on any atom is -0.325 e. The molecule has 0 radical (unpaired) electrons. The van der Waals surface area contributed by atoms with Crippen LogP contribution in [0.15, 0.2) is 35.7 Å². The van der Waals surface area contributed by atoms with E-state index in [2.05, 4.69) is 15.5 Å². The van der Waals surface area contributed by atoms with Crippen LogP contribution in [-0.4, -0.2) is 25.9 Å². The van der Waals surface area contributed by atoms with E-state index in [1.165, 1.54) is 30.2 Å².